The molecular formula is C6H7NO2. The van der Waals surface area contributed by atoms with Crippen molar-refractivity contribution in [1.29, 1.82) is 5.26 Å². The molecule has 0 aliphatic carbocycles. The molecule has 3 heteroatoms. The molecule has 0 heterocycles. The Morgan fingerprint density at radius 3 is 2.56 bits per heavy atom. The third kappa shape index (κ3) is 2.60. The van der Waals surface area contributed by atoms with Crippen molar-refractivity contribution >= 4 is 12.1 Å². The highest BCUT2D eigenvalue weighted by atomic mass is 16.1. The van der Waals surface area contributed by atoms with E-state index in [9.17, 15) is 9.59 Å². The van der Waals surface area contributed by atoms with Gasteiger partial charge in [0.15, 0.2) is 0 Å². The van der Waals surface area contributed by atoms with E-state index in [1.54, 1.807) is 6.07 Å². The number of Topliss-reactive ketones (excluding diaryl/α,β-unsaturated/α-hetero) is 1. The maximum atomic E-state index is 10.4. The predicted octanol–water partition coefficient (Wildman–Crippen LogP) is 0.304. The van der Waals surface area contributed by atoms with Crippen LogP contribution in [0.5, 0.6) is 0 Å². The SMILES string of the molecule is CC(=O)C(C#N)CC=O. The number of nitriles is 1. The number of aldehydes is 1. The van der Waals surface area contributed by atoms with Crippen molar-refractivity contribution in [2.45, 2.75) is 13.3 Å². The number of rotatable bonds is 3. The Morgan fingerprint density at radius 1 is 1.89 bits per heavy atom. The van der Waals surface area contributed by atoms with Gasteiger partial charge in [-0.15, -0.1) is 0 Å². The zero-order valence-electron chi connectivity index (χ0n) is 5.13. The average Bonchev–Trinajstić information content (AvgIpc) is 1.82. The van der Waals surface area contributed by atoms with Crippen molar-refractivity contribution in [2.24, 2.45) is 5.92 Å². The molecular weight excluding hydrogens is 118 g/mol. The molecule has 0 aliphatic heterocycles. The van der Waals surface area contributed by atoms with E-state index in [-0.39, 0.29) is 12.2 Å². The van der Waals surface area contributed by atoms with Gasteiger partial charge >= 0.3 is 0 Å². The van der Waals surface area contributed by atoms with Crippen molar-refractivity contribution in [1.82, 2.24) is 0 Å². The van der Waals surface area contributed by atoms with E-state index >= 15 is 0 Å². The van der Waals surface area contributed by atoms with Crippen LogP contribution in [0.2, 0.25) is 0 Å². The van der Waals surface area contributed by atoms with Gasteiger partial charge in [0.05, 0.1) is 6.07 Å². The molecule has 1 atom stereocenters. The summed E-state index contributed by atoms with van der Waals surface area (Å²) in [5, 5.41) is 8.20. The molecule has 0 rings (SSSR count). The smallest absolute Gasteiger partial charge is 0.147 e. The Labute approximate surface area is 53.3 Å². The molecule has 0 bridgehead atoms. The number of carbonyl (C=O) groups is 2. The van der Waals surface area contributed by atoms with Gasteiger partial charge in [-0.3, -0.25) is 4.79 Å². The molecule has 48 valence electrons. The Balaban J connectivity index is 3.86. The van der Waals surface area contributed by atoms with Crippen LogP contribution in [0.4, 0.5) is 0 Å². The second-order valence-corrected chi connectivity index (χ2v) is 1.69. The van der Waals surface area contributed by atoms with Gasteiger partial charge in [0.1, 0.15) is 18.0 Å². The molecule has 0 fully saturated rings. The van der Waals surface area contributed by atoms with Crippen molar-refractivity contribution in [3.8, 4) is 6.07 Å². The lowest BCUT2D eigenvalue weighted by molar-refractivity contribution is -0.121. The van der Waals surface area contributed by atoms with Crippen molar-refractivity contribution in [3.63, 3.8) is 0 Å². The van der Waals surface area contributed by atoms with E-state index in [0.29, 0.717) is 6.29 Å². The Bertz CT molecular complexity index is 157. The third-order valence-electron chi connectivity index (χ3n) is 0.978. The fourth-order valence-electron chi connectivity index (χ4n) is 0.406. The molecule has 9 heavy (non-hydrogen) atoms. The lowest BCUT2D eigenvalue weighted by Crippen LogP contribution is -2.08. The van der Waals surface area contributed by atoms with Crippen LogP contribution in [0.1, 0.15) is 13.3 Å². The molecule has 3 nitrogen and oxygen atoms in total. The van der Waals surface area contributed by atoms with Crippen LogP contribution < -0.4 is 0 Å². The van der Waals surface area contributed by atoms with Gasteiger partial charge < -0.3 is 4.79 Å². The van der Waals surface area contributed by atoms with Crippen molar-refractivity contribution in [3.05, 3.63) is 0 Å². The molecule has 1 unspecified atom stereocenters. The fourth-order valence-corrected chi connectivity index (χ4v) is 0.406. The second-order valence-electron chi connectivity index (χ2n) is 1.69. The van der Waals surface area contributed by atoms with Gasteiger partial charge in [-0.1, -0.05) is 0 Å². The van der Waals surface area contributed by atoms with Gasteiger partial charge in [0.2, 0.25) is 0 Å². The predicted molar refractivity (Wildman–Crippen MR) is 30.5 cm³/mol. The molecule has 0 saturated carbocycles. The summed E-state index contributed by atoms with van der Waals surface area (Å²) in [5.74, 6) is -0.980. The van der Waals surface area contributed by atoms with Gasteiger partial charge in [0, 0.05) is 6.42 Å². The minimum Gasteiger partial charge on any atom is -0.303 e. The molecule has 0 amide bonds. The first-order valence-electron chi connectivity index (χ1n) is 2.56. The number of hydrogen-bond donors (Lipinski definition) is 0. The maximum absolute atomic E-state index is 10.4. The van der Waals surface area contributed by atoms with E-state index in [1.807, 2.05) is 0 Å². The summed E-state index contributed by atoms with van der Waals surface area (Å²) in [7, 11) is 0. The summed E-state index contributed by atoms with van der Waals surface area (Å²) in [4.78, 5) is 20.2. The second kappa shape index (κ2) is 3.79. The minimum atomic E-state index is -0.734. The Morgan fingerprint density at radius 2 is 2.44 bits per heavy atom. The quantitative estimate of drug-likeness (QED) is 0.510. The van der Waals surface area contributed by atoms with Crippen molar-refractivity contribution in [2.75, 3.05) is 0 Å². The van der Waals surface area contributed by atoms with E-state index in [2.05, 4.69) is 0 Å². The van der Waals surface area contributed by atoms with Crippen molar-refractivity contribution < 1.29 is 9.59 Å². The van der Waals surface area contributed by atoms with Crippen LogP contribution in [0.25, 0.3) is 0 Å². The van der Waals surface area contributed by atoms with E-state index in [4.69, 9.17) is 5.26 Å². The standard InChI is InChI=1S/C6H7NO2/c1-5(9)6(4-7)2-3-8/h3,6H,2H2,1H3. The van der Waals surface area contributed by atoms with Crippen LogP contribution in [0.15, 0.2) is 0 Å². The van der Waals surface area contributed by atoms with Gasteiger partial charge in [-0.25, -0.2) is 0 Å². The molecule has 0 aliphatic rings. The zero-order valence-corrected chi connectivity index (χ0v) is 5.13. The summed E-state index contributed by atoms with van der Waals surface area (Å²) in [6.45, 7) is 1.30. The van der Waals surface area contributed by atoms with Crippen LogP contribution in [0.3, 0.4) is 0 Å². The first kappa shape index (κ1) is 7.83. The Kier molecular flexibility index (Phi) is 3.29. The molecule has 0 aromatic heterocycles. The minimum absolute atomic E-state index is 0.0197. The number of nitrogens with zero attached hydrogens (tertiary/aromatic N) is 1. The van der Waals surface area contributed by atoms with E-state index in [0.717, 1.165) is 0 Å². The molecule has 0 radical (unpaired) electrons. The van der Waals surface area contributed by atoms with Gasteiger partial charge in [-0.05, 0) is 6.92 Å². The van der Waals surface area contributed by atoms with Gasteiger partial charge in [-0.2, -0.15) is 5.26 Å². The number of carbonyl (C=O) groups excluding carboxylic acids is 2. The zero-order chi connectivity index (χ0) is 7.28. The van der Waals surface area contributed by atoms with Gasteiger partial charge in [0.25, 0.3) is 0 Å². The van der Waals surface area contributed by atoms with E-state index in [1.165, 1.54) is 6.92 Å². The fraction of sp³-hybridized carbons (Fsp3) is 0.500. The molecule has 0 N–H and O–H groups in total. The van der Waals surface area contributed by atoms with Crippen LogP contribution in [-0.2, 0) is 9.59 Å². The summed E-state index contributed by atoms with van der Waals surface area (Å²) < 4.78 is 0. The first-order chi connectivity index (χ1) is 4.22. The average molecular weight is 125 g/mol. The summed E-state index contributed by atoms with van der Waals surface area (Å²) >= 11 is 0. The summed E-state index contributed by atoms with van der Waals surface area (Å²) in [6.07, 6.45) is 0.598. The Hall–Kier alpha value is -1.17. The number of hydrogen-bond acceptors (Lipinski definition) is 3. The maximum Gasteiger partial charge on any atom is 0.147 e. The lowest BCUT2D eigenvalue weighted by Gasteiger charge is -1.94. The van der Waals surface area contributed by atoms with Crippen LogP contribution >= 0.6 is 0 Å². The molecule has 0 spiro atoms. The monoisotopic (exact) mass is 125 g/mol. The highest BCUT2D eigenvalue weighted by Gasteiger charge is 2.10. The third-order valence-corrected chi connectivity index (χ3v) is 0.978. The molecule has 0 aromatic rings. The molecule has 0 saturated heterocycles. The summed E-state index contributed by atoms with van der Waals surface area (Å²) in [6, 6.07) is 1.72. The van der Waals surface area contributed by atoms with Crippen LogP contribution in [0, 0.1) is 17.2 Å². The highest BCUT2D eigenvalue weighted by Crippen LogP contribution is 1.98. The first-order valence-corrected chi connectivity index (χ1v) is 2.56. The lowest BCUT2D eigenvalue weighted by atomic mass is 10.0. The van der Waals surface area contributed by atoms with Crippen LogP contribution in [-0.4, -0.2) is 12.1 Å². The van der Waals surface area contributed by atoms with E-state index < -0.39 is 5.92 Å². The summed E-state index contributed by atoms with van der Waals surface area (Å²) in [5.41, 5.74) is 0. The normalized spacial score (nSPS) is 11.6. The largest absolute Gasteiger partial charge is 0.303 e. The number of ketones is 1. The topological polar surface area (TPSA) is 57.9 Å². The molecule has 0 aromatic carbocycles. The highest BCUT2D eigenvalue weighted by molar-refractivity contribution is 5.82.